The fourth-order valence-corrected chi connectivity index (χ4v) is 2.92. The van der Waals surface area contributed by atoms with Gasteiger partial charge in [0.05, 0.1) is 0 Å². The van der Waals surface area contributed by atoms with Crippen LogP contribution in [0.25, 0.3) is 0 Å². The molecule has 0 aromatic heterocycles. The summed E-state index contributed by atoms with van der Waals surface area (Å²) in [5.74, 6) is 0. The number of hydrogen-bond donors (Lipinski definition) is 1. The number of aliphatic imine (C=N–C) groups is 1. The minimum Gasteiger partial charge on any atom is -0.459 e. The third-order valence-electron chi connectivity index (χ3n) is 4.02. The zero-order chi connectivity index (χ0) is 13.9. The number of ether oxygens (including phenoxy) is 1. The maximum absolute atomic E-state index is 5.64. The second-order valence-electron chi connectivity index (χ2n) is 5.50. The summed E-state index contributed by atoms with van der Waals surface area (Å²) >= 11 is 0. The molecule has 108 valence electrons. The molecule has 0 amide bonds. The van der Waals surface area contributed by atoms with E-state index in [1.54, 1.807) is 0 Å². The van der Waals surface area contributed by atoms with Crippen molar-refractivity contribution < 1.29 is 4.74 Å². The van der Waals surface area contributed by atoms with Crippen LogP contribution in [0.1, 0.15) is 12.5 Å². The van der Waals surface area contributed by atoms with Crippen LogP contribution < -0.4 is 5.73 Å². The molecule has 3 rings (SSSR count). The first kappa shape index (κ1) is 13.4. The summed E-state index contributed by atoms with van der Waals surface area (Å²) in [5.41, 5.74) is 7.02. The van der Waals surface area contributed by atoms with Crippen molar-refractivity contribution in [2.24, 2.45) is 10.7 Å². The van der Waals surface area contributed by atoms with Crippen LogP contribution in [0.3, 0.4) is 0 Å². The Hall–Kier alpha value is -1.59. The topological polar surface area (TPSA) is 54.1 Å². The van der Waals surface area contributed by atoms with Crippen molar-refractivity contribution in [1.29, 1.82) is 0 Å². The van der Waals surface area contributed by atoms with Crippen LogP contribution >= 0.6 is 0 Å². The van der Waals surface area contributed by atoms with Crippen molar-refractivity contribution in [2.45, 2.75) is 25.7 Å². The summed E-state index contributed by atoms with van der Waals surface area (Å²) in [6.45, 7) is 7.21. The van der Waals surface area contributed by atoms with E-state index in [9.17, 15) is 0 Å². The van der Waals surface area contributed by atoms with E-state index >= 15 is 0 Å². The minimum absolute atomic E-state index is 0.0654. The molecule has 2 atom stereocenters. The first-order valence-electron chi connectivity index (χ1n) is 7.22. The molecule has 1 saturated heterocycles. The van der Waals surface area contributed by atoms with Gasteiger partial charge in [-0.05, 0) is 12.5 Å². The maximum atomic E-state index is 5.64. The highest BCUT2D eigenvalue weighted by molar-refractivity contribution is 5.73. The molecule has 2 aliphatic rings. The van der Waals surface area contributed by atoms with Gasteiger partial charge in [-0.15, -0.1) is 0 Å². The van der Waals surface area contributed by atoms with Crippen LogP contribution in [0.2, 0.25) is 0 Å². The lowest BCUT2D eigenvalue weighted by Crippen LogP contribution is -2.51. The molecular weight excluding hydrogens is 252 g/mol. The Balaban J connectivity index is 1.52. The molecule has 2 unspecified atom stereocenters. The smallest absolute Gasteiger partial charge is 0.284 e. The molecule has 5 nitrogen and oxygen atoms in total. The van der Waals surface area contributed by atoms with Crippen LogP contribution in [-0.4, -0.2) is 54.3 Å². The average molecular weight is 274 g/mol. The molecule has 0 spiro atoms. The number of nitrogens with zero attached hydrogens (tertiary/aromatic N) is 3. The van der Waals surface area contributed by atoms with Gasteiger partial charge in [-0.1, -0.05) is 30.3 Å². The van der Waals surface area contributed by atoms with E-state index in [0.717, 1.165) is 32.7 Å². The van der Waals surface area contributed by atoms with Crippen LogP contribution in [0, 0.1) is 0 Å². The van der Waals surface area contributed by atoms with Gasteiger partial charge in [0, 0.05) is 32.7 Å². The monoisotopic (exact) mass is 274 g/mol. The maximum Gasteiger partial charge on any atom is 0.284 e. The Kier molecular flexibility index (Phi) is 3.89. The normalized spacial score (nSPS) is 28.1. The van der Waals surface area contributed by atoms with Gasteiger partial charge in [0.1, 0.15) is 12.3 Å². The van der Waals surface area contributed by atoms with Gasteiger partial charge in [-0.3, -0.25) is 9.80 Å². The number of hydrogen-bond acceptors (Lipinski definition) is 5. The predicted molar refractivity (Wildman–Crippen MR) is 79.2 cm³/mol. The van der Waals surface area contributed by atoms with E-state index in [1.807, 2.05) is 6.92 Å². The fourth-order valence-electron chi connectivity index (χ4n) is 2.92. The van der Waals surface area contributed by atoms with Crippen LogP contribution in [0.5, 0.6) is 0 Å². The van der Waals surface area contributed by atoms with Crippen molar-refractivity contribution in [3.8, 4) is 0 Å². The Labute approximate surface area is 120 Å². The quantitative estimate of drug-likeness (QED) is 0.888. The summed E-state index contributed by atoms with van der Waals surface area (Å²) in [7, 11) is 0. The molecule has 1 aromatic rings. The highest BCUT2D eigenvalue weighted by Crippen LogP contribution is 2.18. The number of nitrogens with two attached hydrogens (primary N) is 1. The first-order chi connectivity index (χ1) is 9.72. The van der Waals surface area contributed by atoms with Gasteiger partial charge < -0.3 is 10.5 Å². The van der Waals surface area contributed by atoms with E-state index in [0.29, 0.717) is 6.02 Å². The van der Waals surface area contributed by atoms with Crippen LogP contribution in [0.15, 0.2) is 35.3 Å². The van der Waals surface area contributed by atoms with E-state index in [4.69, 9.17) is 10.5 Å². The van der Waals surface area contributed by atoms with Crippen molar-refractivity contribution in [1.82, 2.24) is 9.80 Å². The molecule has 0 bridgehead atoms. The zero-order valence-corrected chi connectivity index (χ0v) is 11.9. The van der Waals surface area contributed by atoms with E-state index in [2.05, 4.69) is 45.1 Å². The van der Waals surface area contributed by atoms with E-state index in [-0.39, 0.29) is 12.3 Å². The van der Waals surface area contributed by atoms with Crippen molar-refractivity contribution >= 4 is 6.02 Å². The molecule has 1 fully saturated rings. The van der Waals surface area contributed by atoms with Crippen LogP contribution in [-0.2, 0) is 11.3 Å². The summed E-state index contributed by atoms with van der Waals surface area (Å²) in [6, 6.07) is 11.0. The van der Waals surface area contributed by atoms with Gasteiger partial charge >= 0.3 is 0 Å². The zero-order valence-electron chi connectivity index (χ0n) is 11.9. The Bertz CT molecular complexity index is 468. The van der Waals surface area contributed by atoms with Crippen molar-refractivity contribution in [3.63, 3.8) is 0 Å². The summed E-state index contributed by atoms with van der Waals surface area (Å²) in [6.07, 6.45) is 0.157. The number of amidine groups is 1. The van der Waals surface area contributed by atoms with Gasteiger partial charge in [-0.25, -0.2) is 4.99 Å². The fraction of sp³-hybridized carbons (Fsp3) is 0.533. The molecule has 0 saturated carbocycles. The van der Waals surface area contributed by atoms with Gasteiger partial charge in [0.15, 0.2) is 0 Å². The predicted octanol–water partition coefficient (Wildman–Crippen LogP) is 0.864. The molecule has 0 radical (unpaired) electrons. The lowest BCUT2D eigenvalue weighted by Gasteiger charge is -2.37. The largest absolute Gasteiger partial charge is 0.459 e. The van der Waals surface area contributed by atoms with Gasteiger partial charge in [-0.2, -0.15) is 0 Å². The summed E-state index contributed by atoms with van der Waals surface area (Å²) < 4.78 is 5.42. The summed E-state index contributed by atoms with van der Waals surface area (Å²) in [4.78, 5) is 9.23. The molecule has 2 N–H and O–H groups in total. The Morgan fingerprint density at radius 3 is 2.50 bits per heavy atom. The third kappa shape index (κ3) is 2.94. The SMILES string of the molecule is CC1OC(N)=NC1N1CCN(Cc2ccccc2)CC1. The molecule has 1 aromatic carbocycles. The Morgan fingerprint density at radius 2 is 1.90 bits per heavy atom. The van der Waals surface area contributed by atoms with E-state index in [1.165, 1.54) is 5.56 Å². The number of rotatable bonds is 3. The first-order valence-corrected chi connectivity index (χ1v) is 7.22. The van der Waals surface area contributed by atoms with Gasteiger partial charge in [0.25, 0.3) is 6.02 Å². The highest BCUT2D eigenvalue weighted by Gasteiger charge is 2.33. The average Bonchev–Trinajstić information content (AvgIpc) is 2.80. The van der Waals surface area contributed by atoms with Crippen molar-refractivity contribution in [2.75, 3.05) is 26.2 Å². The second-order valence-corrected chi connectivity index (χ2v) is 5.50. The minimum atomic E-state index is 0.0654. The van der Waals surface area contributed by atoms with E-state index < -0.39 is 0 Å². The second kappa shape index (κ2) is 5.81. The lowest BCUT2D eigenvalue weighted by molar-refractivity contribution is 0.0531. The standard InChI is InChI=1S/C15H22N4O/c1-12-14(17-15(16)20-12)19-9-7-18(8-10-19)11-13-5-3-2-4-6-13/h2-6,12,14H,7-11H2,1H3,(H2,16,17). The van der Waals surface area contributed by atoms with Crippen molar-refractivity contribution in [3.05, 3.63) is 35.9 Å². The molecule has 20 heavy (non-hydrogen) atoms. The molecule has 2 aliphatic heterocycles. The summed E-state index contributed by atoms with van der Waals surface area (Å²) in [5, 5.41) is 0. The molecule has 2 heterocycles. The number of piperazine rings is 1. The van der Waals surface area contributed by atoms with Gasteiger partial charge in [0.2, 0.25) is 0 Å². The lowest BCUT2D eigenvalue weighted by atomic mass is 10.2. The molecular formula is C15H22N4O. The Morgan fingerprint density at radius 1 is 1.20 bits per heavy atom. The number of benzene rings is 1. The highest BCUT2D eigenvalue weighted by atomic mass is 16.5. The molecule has 5 heteroatoms. The third-order valence-corrected chi connectivity index (χ3v) is 4.02. The molecule has 0 aliphatic carbocycles. The van der Waals surface area contributed by atoms with Crippen LogP contribution in [0.4, 0.5) is 0 Å².